The van der Waals surface area contributed by atoms with E-state index in [0.29, 0.717) is 32.4 Å². The van der Waals surface area contributed by atoms with Gasteiger partial charge in [0.15, 0.2) is 0 Å². The molecular formula is C30H24Cl4N6OSi2. The zero-order chi connectivity index (χ0) is 29.9. The highest BCUT2D eigenvalue weighted by molar-refractivity contribution is 7.08. The fraction of sp³-hybridized carbons (Fsp3) is 0.0667. The summed E-state index contributed by atoms with van der Waals surface area (Å²) >= 11 is 25.7. The first kappa shape index (κ1) is 29.8. The van der Waals surface area contributed by atoms with Crippen LogP contribution in [-0.2, 0) is 16.5 Å². The Hall–Kier alpha value is -3.29. The standard InChI is InChI=1S/C30H24Cl4N6OSi2/c31-23-1-9-27(10-2-23)42(21-39-19-35-17-37-39,28-11-3-24(32)4-12-28)41-43(22-40-20-36-18-38-40,29-13-5-25(33)6-14-29)30-15-7-26(34)8-16-30/h1-20H,21-22H2. The molecule has 0 fully saturated rings. The molecule has 43 heavy (non-hydrogen) atoms. The third-order valence-electron chi connectivity index (χ3n) is 7.29. The van der Waals surface area contributed by atoms with Gasteiger partial charge in [-0.3, -0.25) is 9.36 Å². The monoisotopic (exact) mass is 680 g/mol. The van der Waals surface area contributed by atoms with Crippen molar-refractivity contribution in [1.29, 1.82) is 0 Å². The van der Waals surface area contributed by atoms with Gasteiger partial charge in [0.05, 0.1) is 12.3 Å². The number of hydrogen-bond acceptors (Lipinski definition) is 5. The molecule has 7 nitrogen and oxygen atoms in total. The third kappa shape index (κ3) is 6.34. The van der Waals surface area contributed by atoms with Crippen LogP contribution in [0.25, 0.3) is 0 Å². The fourth-order valence-electron chi connectivity index (χ4n) is 5.26. The first-order valence-corrected chi connectivity index (χ1v) is 19.0. The van der Waals surface area contributed by atoms with Crippen LogP contribution in [0, 0.1) is 0 Å². The van der Waals surface area contributed by atoms with E-state index < -0.39 is 16.6 Å². The number of hydrogen-bond donors (Lipinski definition) is 0. The van der Waals surface area contributed by atoms with E-state index in [4.69, 9.17) is 50.5 Å². The van der Waals surface area contributed by atoms with Gasteiger partial charge in [-0.2, -0.15) is 10.2 Å². The summed E-state index contributed by atoms with van der Waals surface area (Å²) < 4.78 is 11.7. The largest absolute Gasteiger partial charge is 0.440 e. The van der Waals surface area contributed by atoms with Crippen molar-refractivity contribution >= 4 is 83.8 Å². The highest BCUT2D eigenvalue weighted by Crippen LogP contribution is 2.23. The quantitative estimate of drug-likeness (QED) is 0.195. The SMILES string of the molecule is Clc1ccc([Si](Cn2cncn2)(O[Si](Cn2cncn2)(c2ccc(Cl)cc2)c2ccc(Cl)cc2)c2ccc(Cl)cc2)cc1. The maximum atomic E-state index is 8.00. The predicted octanol–water partition coefficient (Wildman–Crippen LogP) is 4.80. The predicted molar refractivity (Wildman–Crippen MR) is 177 cm³/mol. The van der Waals surface area contributed by atoms with Crippen LogP contribution in [0.1, 0.15) is 0 Å². The molecule has 6 aromatic rings. The number of halogens is 4. The lowest BCUT2D eigenvalue weighted by atomic mass is 10.4. The lowest BCUT2D eigenvalue weighted by molar-refractivity contribution is 0.518. The first-order chi connectivity index (χ1) is 20.9. The van der Waals surface area contributed by atoms with Crippen molar-refractivity contribution in [2.45, 2.75) is 12.3 Å². The summed E-state index contributed by atoms with van der Waals surface area (Å²) in [6.45, 7) is 0. The second-order valence-corrected chi connectivity index (χ2v) is 18.8. The van der Waals surface area contributed by atoms with Gasteiger partial charge < -0.3 is 4.12 Å². The smallest absolute Gasteiger partial charge is 0.267 e. The molecule has 0 amide bonds. The Morgan fingerprint density at radius 3 is 0.977 bits per heavy atom. The summed E-state index contributed by atoms with van der Waals surface area (Å²) in [6.07, 6.45) is 7.35. The average molecular weight is 683 g/mol. The molecule has 0 radical (unpaired) electrons. The summed E-state index contributed by atoms with van der Waals surface area (Å²) in [5.41, 5.74) is 0. The molecule has 2 aromatic heterocycles. The van der Waals surface area contributed by atoms with Crippen molar-refractivity contribution < 1.29 is 4.12 Å². The van der Waals surface area contributed by atoms with Gasteiger partial charge >= 0.3 is 0 Å². The Labute approximate surface area is 270 Å². The van der Waals surface area contributed by atoms with Crippen LogP contribution in [-0.4, -0.2) is 46.2 Å². The van der Waals surface area contributed by atoms with Crippen LogP contribution in [0.3, 0.4) is 0 Å². The van der Waals surface area contributed by atoms with Gasteiger partial charge in [-0.25, -0.2) is 9.97 Å². The molecule has 0 saturated carbocycles. The van der Waals surface area contributed by atoms with Crippen molar-refractivity contribution in [1.82, 2.24) is 29.5 Å². The normalized spacial score (nSPS) is 12.0. The van der Waals surface area contributed by atoms with E-state index in [9.17, 15) is 0 Å². The molecule has 4 aromatic carbocycles. The second-order valence-electron chi connectivity index (χ2n) is 9.97. The molecule has 0 aliphatic rings. The lowest BCUT2D eigenvalue weighted by Gasteiger charge is -2.43. The molecule has 0 saturated heterocycles. The lowest BCUT2D eigenvalue weighted by Crippen LogP contribution is -2.75. The zero-order valence-corrected chi connectivity index (χ0v) is 27.6. The van der Waals surface area contributed by atoms with Crippen LogP contribution >= 0.6 is 46.4 Å². The van der Waals surface area contributed by atoms with Gasteiger partial charge in [0.25, 0.3) is 16.6 Å². The summed E-state index contributed by atoms with van der Waals surface area (Å²) in [5.74, 6) is 0. The van der Waals surface area contributed by atoms with E-state index in [1.807, 2.05) is 106 Å². The van der Waals surface area contributed by atoms with Crippen LogP contribution in [0.15, 0.2) is 122 Å². The summed E-state index contributed by atoms with van der Waals surface area (Å²) in [5, 5.41) is 15.6. The third-order valence-corrected chi connectivity index (χ3v) is 17.7. The van der Waals surface area contributed by atoms with Gasteiger partial charge in [-0.05, 0) is 69.3 Å². The Kier molecular flexibility index (Phi) is 8.83. The summed E-state index contributed by atoms with van der Waals surface area (Å²) in [7, 11) is -6.56. The molecule has 0 atom stereocenters. The minimum absolute atomic E-state index is 0.434. The number of aromatic nitrogens is 6. The molecule has 2 heterocycles. The van der Waals surface area contributed by atoms with Crippen molar-refractivity contribution in [3.63, 3.8) is 0 Å². The molecule has 0 aliphatic carbocycles. The minimum atomic E-state index is -3.28. The zero-order valence-electron chi connectivity index (χ0n) is 22.6. The Morgan fingerprint density at radius 2 is 0.744 bits per heavy atom. The van der Waals surface area contributed by atoms with Crippen LogP contribution < -0.4 is 20.7 Å². The van der Waals surface area contributed by atoms with E-state index in [-0.39, 0.29) is 0 Å². The van der Waals surface area contributed by atoms with E-state index in [1.54, 1.807) is 12.7 Å². The van der Waals surface area contributed by atoms with Crippen molar-refractivity contribution in [2.75, 3.05) is 0 Å². The molecule has 216 valence electrons. The number of nitrogens with zero attached hydrogens (tertiary/aromatic N) is 6. The van der Waals surface area contributed by atoms with Gasteiger partial charge in [-0.15, -0.1) is 0 Å². The van der Waals surface area contributed by atoms with Crippen molar-refractivity contribution in [2.24, 2.45) is 0 Å². The minimum Gasteiger partial charge on any atom is -0.440 e. The molecule has 0 aliphatic heterocycles. The van der Waals surface area contributed by atoms with Crippen LogP contribution in [0.2, 0.25) is 20.1 Å². The summed E-state index contributed by atoms with van der Waals surface area (Å²) in [4.78, 5) is 8.50. The van der Waals surface area contributed by atoms with Gasteiger partial charge in [0.2, 0.25) is 0 Å². The summed E-state index contributed by atoms with van der Waals surface area (Å²) in [6, 6.07) is 31.5. The molecular weight excluding hydrogens is 658 g/mol. The maximum absolute atomic E-state index is 8.00. The maximum Gasteiger partial charge on any atom is 0.267 e. The molecule has 0 bridgehead atoms. The number of rotatable bonds is 10. The Morgan fingerprint density at radius 1 is 0.465 bits per heavy atom. The van der Waals surface area contributed by atoms with Gasteiger partial charge in [0, 0.05) is 20.1 Å². The van der Waals surface area contributed by atoms with Crippen molar-refractivity contribution in [3.05, 3.63) is 142 Å². The fourth-order valence-corrected chi connectivity index (χ4v) is 16.0. The van der Waals surface area contributed by atoms with E-state index in [0.717, 1.165) is 20.7 Å². The first-order valence-electron chi connectivity index (χ1n) is 13.3. The van der Waals surface area contributed by atoms with E-state index >= 15 is 0 Å². The topological polar surface area (TPSA) is 70.7 Å². The molecule has 0 N–H and O–H groups in total. The highest BCUT2D eigenvalue weighted by Gasteiger charge is 2.51. The number of benzene rings is 4. The molecule has 13 heteroatoms. The van der Waals surface area contributed by atoms with Crippen LogP contribution in [0.4, 0.5) is 0 Å². The average Bonchev–Trinajstić information content (AvgIpc) is 3.73. The highest BCUT2D eigenvalue weighted by atomic mass is 35.5. The molecule has 6 rings (SSSR count). The Balaban J connectivity index is 1.68. The second kappa shape index (κ2) is 12.8. The van der Waals surface area contributed by atoms with Crippen molar-refractivity contribution in [3.8, 4) is 0 Å². The van der Waals surface area contributed by atoms with Gasteiger partial charge in [-0.1, -0.05) is 94.9 Å². The van der Waals surface area contributed by atoms with Crippen LogP contribution in [0.5, 0.6) is 0 Å². The Bertz CT molecular complexity index is 1550. The molecule has 0 spiro atoms. The molecule has 0 unspecified atom stereocenters. The van der Waals surface area contributed by atoms with E-state index in [2.05, 4.69) is 20.2 Å². The van der Waals surface area contributed by atoms with E-state index in [1.165, 1.54) is 12.7 Å². The van der Waals surface area contributed by atoms with Gasteiger partial charge in [0.1, 0.15) is 25.3 Å².